The van der Waals surface area contributed by atoms with E-state index in [0.29, 0.717) is 0 Å². The molecule has 0 radical (unpaired) electrons. The van der Waals surface area contributed by atoms with Gasteiger partial charge in [0.15, 0.2) is 0 Å². The summed E-state index contributed by atoms with van der Waals surface area (Å²) in [6.45, 7) is 6.59. The number of aryl methyl sites for hydroxylation is 2. The van der Waals surface area contributed by atoms with Gasteiger partial charge in [0.25, 0.3) is 0 Å². The first-order chi connectivity index (χ1) is 6.18. The summed E-state index contributed by atoms with van der Waals surface area (Å²) in [4.78, 5) is 2.80. The van der Waals surface area contributed by atoms with E-state index < -0.39 is 0 Å². The lowest BCUT2D eigenvalue weighted by molar-refractivity contribution is 0.612. The van der Waals surface area contributed by atoms with Crippen molar-refractivity contribution in [2.45, 2.75) is 46.5 Å². The number of rotatable bonds is 0. The number of hydrogen-bond donors (Lipinski definition) is 0. The molecule has 2 rings (SSSR count). The van der Waals surface area contributed by atoms with Crippen LogP contribution in [0, 0.1) is 19.8 Å². The summed E-state index contributed by atoms with van der Waals surface area (Å²) < 4.78 is 0. The van der Waals surface area contributed by atoms with Crippen molar-refractivity contribution in [2.24, 2.45) is 5.92 Å². The first kappa shape index (κ1) is 10.8. The summed E-state index contributed by atoms with van der Waals surface area (Å²) in [7, 11) is 0. The smallest absolute Gasteiger partial charge is 0.00170 e. The van der Waals surface area contributed by atoms with Gasteiger partial charge in [-0.25, -0.2) is 0 Å². The van der Waals surface area contributed by atoms with E-state index in [0.717, 1.165) is 5.92 Å². The molecule has 1 saturated carbocycles. The van der Waals surface area contributed by atoms with Crippen LogP contribution in [-0.4, -0.2) is 0 Å². The molecule has 1 aromatic rings. The molecule has 0 spiro atoms. The van der Waals surface area contributed by atoms with Crippen LogP contribution in [0.5, 0.6) is 0 Å². The average molecular weight is 196 g/mol. The van der Waals surface area contributed by atoms with Crippen molar-refractivity contribution in [3.05, 3.63) is 21.9 Å². The maximum Gasteiger partial charge on any atom is 0.00170 e. The van der Waals surface area contributed by atoms with Crippen molar-refractivity contribution in [3.8, 4) is 0 Å². The van der Waals surface area contributed by atoms with Crippen molar-refractivity contribution in [1.82, 2.24) is 0 Å². The van der Waals surface area contributed by atoms with Crippen LogP contribution >= 0.6 is 11.3 Å². The van der Waals surface area contributed by atoms with Crippen LogP contribution < -0.4 is 0 Å². The van der Waals surface area contributed by atoms with E-state index >= 15 is 0 Å². The van der Waals surface area contributed by atoms with Crippen LogP contribution in [0.25, 0.3) is 0 Å². The first-order valence-electron chi connectivity index (χ1n) is 5.21. The van der Waals surface area contributed by atoms with Gasteiger partial charge in [0.2, 0.25) is 0 Å². The van der Waals surface area contributed by atoms with Gasteiger partial charge in [-0.3, -0.25) is 0 Å². The Bertz CT molecular complexity index is 215. The van der Waals surface area contributed by atoms with Crippen molar-refractivity contribution >= 4 is 11.3 Å². The molecular formula is C12H20S. The van der Waals surface area contributed by atoms with Gasteiger partial charge in [-0.2, -0.15) is 0 Å². The van der Waals surface area contributed by atoms with E-state index in [1.54, 1.807) is 0 Å². The molecule has 0 bridgehead atoms. The van der Waals surface area contributed by atoms with E-state index in [1.165, 1.54) is 35.4 Å². The molecule has 0 N–H and O–H groups in total. The Morgan fingerprint density at radius 2 is 1.54 bits per heavy atom. The molecule has 0 atom stereocenters. The maximum atomic E-state index is 2.34. The Morgan fingerprint density at radius 3 is 1.69 bits per heavy atom. The fourth-order valence-electron chi connectivity index (χ4n) is 1.69. The fraction of sp³-hybridized carbons (Fsp3) is 0.667. The topological polar surface area (TPSA) is 0 Å². The monoisotopic (exact) mass is 196 g/mol. The normalized spacial score (nSPS) is 16.8. The van der Waals surface area contributed by atoms with Gasteiger partial charge in [0.05, 0.1) is 0 Å². The summed E-state index contributed by atoms with van der Waals surface area (Å²) in [6, 6.07) is 4.28. The van der Waals surface area contributed by atoms with Gasteiger partial charge in [-0.1, -0.05) is 32.6 Å². The lowest BCUT2D eigenvalue weighted by Gasteiger charge is -1.91. The summed E-state index contributed by atoms with van der Waals surface area (Å²) >= 11 is 1.84. The third-order valence-corrected chi connectivity index (χ3v) is 3.43. The van der Waals surface area contributed by atoms with Crippen LogP contribution in [0.4, 0.5) is 0 Å². The van der Waals surface area contributed by atoms with Crippen LogP contribution in [0.15, 0.2) is 12.1 Å². The Morgan fingerprint density at radius 1 is 1.08 bits per heavy atom. The number of thiophene rings is 1. The molecule has 1 heteroatoms. The highest BCUT2D eigenvalue weighted by Crippen LogP contribution is 2.22. The second kappa shape index (κ2) is 5.43. The van der Waals surface area contributed by atoms with Crippen LogP contribution in [-0.2, 0) is 0 Å². The molecule has 1 fully saturated rings. The number of hydrogen-bond acceptors (Lipinski definition) is 1. The zero-order valence-electron chi connectivity index (χ0n) is 8.97. The molecule has 0 unspecified atom stereocenters. The molecular weight excluding hydrogens is 176 g/mol. The standard InChI is InChI=1S/C6H8S.C6H12/c1-5-3-4-6(2)7-5;1-6-4-2-3-5-6/h3-4H,1-2H3;6H,2-5H2,1H3. The predicted octanol–water partition coefficient (Wildman–Crippen LogP) is 4.56. The van der Waals surface area contributed by atoms with Gasteiger partial charge < -0.3 is 0 Å². The minimum Gasteiger partial charge on any atom is -0.146 e. The molecule has 1 heterocycles. The van der Waals surface area contributed by atoms with E-state index in [4.69, 9.17) is 0 Å². The molecule has 1 aliphatic carbocycles. The van der Waals surface area contributed by atoms with Crippen LogP contribution in [0.2, 0.25) is 0 Å². The zero-order chi connectivity index (χ0) is 9.68. The molecule has 74 valence electrons. The van der Waals surface area contributed by atoms with E-state index in [9.17, 15) is 0 Å². The Labute approximate surface area is 86.0 Å². The average Bonchev–Trinajstić information content (AvgIpc) is 2.64. The highest BCUT2D eigenvalue weighted by Gasteiger charge is 2.07. The fourth-order valence-corrected chi connectivity index (χ4v) is 2.47. The highest BCUT2D eigenvalue weighted by atomic mass is 32.1. The molecule has 1 aliphatic rings. The van der Waals surface area contributed by atoms with Crippen molar-refractivity contribution in [3.63, 3.8) is 0 Å². The minimum atomic E-state index is 1.05. The molecule has 0 aliphatic heterocycles. The summed E-state index contributed by atoms with van der Waals surface area (Å²) in [5.41, 5.74) is 0. The van der Waals surface area contributed by atoms with Crippen LogP contribution in [0.3, 0.4) is 0 Å². The van der Waals surface area contributed by atoms with Crippen molar-refractivity contribution < 1.29 is 0 Å². The van der Waals surface area contributed by atoms with Gasteiger partial charge in [0.1, 0.15) is 0 Å². The quantitative estimate of drug-likeness (QED) is 0.570. The third-order valence-electron chi connectivity index (χ3n) is 2.52. The third kappa shape index (κ3) is 4.47. The van der Waals surface area contributed by atoms with E-state index in [2.05, 4.69) is 32.9 Å². The SMILES string of the molecule is CC1CCCC1.Cc1ccc(C)s1. The van der Waals surface area contributed by atoms with Gasteiger partial charge >= 0.3 is 0 Å². The summed E-state index contributed by atoms with van der Waals surface area (Å²) in [6.07, 6.45) is 5.95. The van der Waals surface area contributed by atoms with Gasteiger partial charge in [0, 0.05) is 9.75 Å². The minimum absolute atomic E-state index is 1.05. The summed E-state index contributed by atoms with van der Waals surface area (Å²) in [5.74, 6) is 1.05. The Kier molecular flexibility index (Phi) is 4.51. The first-order valence-corrected chi connectivity index (χ1v) is 6.03. The van der Waals surface area contributed by atoms with Crippen molar-refractivity contribution in [1.29, 1.82) is 0 Å². The van der Waals surface area contributed by atoms with Crippen molar-refractivity contribution in [2.75, 3.05) is 0 Å². The second-order valence-electron chi connectivity index (χ2n) is 4.05. The molecule has 0 nitrogen and oxygen atoms in total. The Hall–Kier alpha value is -0.300. The molecule has 1 aromatic heterocycles. The molecule has 0 aromatic carbocycles. The molecule has 13 heavy (non-hydrogen) atoms. The largest absolute Gasteiger partial charge is 0.146 e. The molecule has 0 amide bonds. The van der Waals surface area contributed by atoms with Gasteiger partial charge in [-0.15, -0.1) is 11.3 Å². The molecule has 0 saturated heterocycles. The van der Waals surface area contributed by atoms with Crippen LogP contribution in [0.1, 0.15) is 42.4 Å². The summed E-state index contributed by atoms with van der Waals surface area (Å²) in [5, 5.41) is 0. The zero-order valence-corrected chi connectivity index (χ0v) is 9.79. The lowest BCUT2D eigenvalue weighted by atomic mass is 10.2. The van der Waals surface area contributed by atoms with E-state index in [1.807, 2.05) is 11.3 Å². The highest BCUT2D eigenvalue weighted by molar-refractivity contribution is 7.11. The van der Waals surface area contributed by atoms with E-state index in [-0.39, 0.29) is 0 Å². The van der Waals surface area contributed by atoms with Gasteiger partial charge in [-0.05, 0) is 31.9 Å². The second-order valence-corrected chi connectivity index (χ2v) is 5.54. The lowest BCUT2D eigenvalue weighted by Crippen LogP contribution is -1.78. The Balaban J connectivity index is 0.000000132. The maximum absolute atomic E-state index is 2.34. The predicted molar refractivity (Wildman–Crippen MR) is 61.4 cm³/mol.